The summed E-state index contributed by atoms with van der Waals surface area (Å²) in [5, 5.41) is 13.0. The number of carboxylic acids is 1. The van der Waals surface area contributed by atoms with Crippen LogP contribution in [0.2, 0.25) is 0 Å². The molecule has 1 atom stereocenters. The molecule has 0 aliphatic carbocycles. The van der Waals surface area contributed by atoms with E-state index in [1.807, 2.05) is 24.0 Å². The number of oxazole rings is 1. The first kappa shape index (κ1) is 28.9. The average Bonchev–Trinajstić information content (AvgIpc) is 3.73. The van der Waals surface area contributed by atoms with Crippen LogP contribution < -0.4 is 5.32 Å². The van der Waals surface area contributed by atoms with Crippen LogP contribution >= 0.6 is 0 Å². The molecule has 224 valence electrons. The van der Waals surface area contributed by atoms with Crippen molar-refractivity contribution < 1.29 is 23.9 Å². The molecule has 1 fully saturated rings. The van der Waals surface area contributed by atoms with Crippen LogP contribution in [0.4, 0.5) is 0 Å². The Morgan fingerprint density at radius 1 is 0.932 bits per heavy atom. The van der Waals surface area contributed by atoms with Gasteiger partial charge in [0.1, 0.15) is 11.7 Å². The van der Waals surface area contributed by atoms with Crippen molar-refractivity contribution in [1.82, 2.24) is 25.1 Å². The summed E-state index contributed by atoms with van der Waals surface area (Å²) in [6, 6.07) is 27.1. The maximum atomic E-state index is 13.6. The molecule has 0 spiro atoms. The summed E-state index contributed by atoms with van der Waals surface area (Å²) < 4.78 is 5.38. The molecule has 44 heavy (non-hydrogen) atoms. The highest BCUT2D eigenvalue weighted by atomic mass is 16.4. The van der Waals surface area contributed by atoms with Gasteiger partial charge in [-0.05, 0) is 29.7 Å². The van der Waals surface area contributed by atoms with Gasteiger partial charge < -0.3 is 24.7 Å². The van der Waals surface area contributed by atoms with Gasteiger partial charge in [0, 0.05) is 42.6 Å². The predicted octanol–water partition coefficient (Wildman–Crippen LogP) is 4.96. The zero-order chi connectivity index (χ0) is 30.6. The Kier molecular flexibility index (Phi) is 8.25. The molecule has 6 rings (SSSR count). The van der Waals surface area contributed by atoms with E-state index >= 15 is 0 Å². The van der Waals surface area contributed by atoms with Crippen LogP contribution in [0, 0.1) is 0 Å². The molecule has 1 saturated heterocycles. The van der Waals surface area contributed by atoms with Gasteiger partial charge in [0.2, 0.25) is 5.91 Å². The van der Waals surface area contributed by atoms with E-state index in [4.69, 9.17) is 4.42 Å². The van der Waals surface area contributed by atoms with E-state index in [1.54, 1.807) is 24.3 Å². The van der Waals surface area contributed by atoms with E-state index in [1.165, 1.54) is 11.1 Å². The number of aromatic carboxylic acids is 1. The van der Waals surface area contributed by atoms with Crippen molar-refractivity contribution in [1.29, 1.82) is 0 Å². The van der Waals surface area contributed by atoms with Crippen molar-refractivity contribution in [2.45, 2.75) is 25.4 Å². The Labute approximate surface area is 254 Å². The van der Waals surface area contributed by atoms with Crippen LogP contribution in [0.15, 0.2) is 95.7 Å². The molecule has 3 heterocycles. The van der Waals surface area contributed by atoms with Gasteiger partial charge in [-0.15, -0.1) is 0 Å². The molecule has 0 radical (unpaired) electrons. The lowest BCUT2D eigenvalue weighted by Gasteiger charge is -2.40. The number of aromatic amines is 1. The lowest BCUT2D eigenvalue weighted by atomic mass is 9.96. The van der Waals surface area contributed by atoms with Gasteiger partial charge >= 0.3 is 5.97 Å². The fourth-order valence-electron chi connectivity index (χ4n) is 5.95. The third-order valence-corrected chi connectivity index (χ3v) is 8.16. The van der Waals surface area contributed by atoms with E-state index < -0.39 is 17.9 Å². The minimum atomic E-state index is -1.21. The third kappa shape index (κ3) is 5.71. The Balaban J connectivity index is 1.14. The van der Waals surface area contributed by atoms with E-state index in [0.717, 1.165) is 6.39 Å². The van der Waals surface area contributed by atoms with Crippen molar-refractivity contribution in [3.8, 4) is 11.3 Å². The number of benzene rings is 3. The van der Waals surface area contributed by atoms with Crippen LogP contribution in [0.3, 0.4) is 0 Å². The second-order valence-electron chi connectivity index (χ2n) is 10.8. The molecule has 0 bridgehead atoms. The molecular formula is C34H33N5O5. The summed E-state index contributed by atoms with van der Waals surface area (Å²) in [6.45, 7) is 4.39. The Hall–Kier alpha value is -5.22. The van der Waals surface area contributed by atoms with Gasteiger partial charge in [-0.3, -0.25) is 14.5 Å². The predicted molar refractivity (Wildman–Crippen MR) is 165 cm³/mol. The zero-order valence-corrected chi connectivity index (χ0v) is 24.3. The molecule has 1 aliphatic heterocycles. The molecule has 0 saturated carbocycles. The number of carbonyl (C=O) groups excluding carboxylic acids is 2. The quantitative estimate of drug-likeness (QED) is 0.221. The summed E-state index contributed by atoms with van der Waals surface area (Å²) in [5.74, 6) is -1.63. The zero-order valence-electron chi connectivity index (χ0n) is 24.3. The van der Waals surface area contributed by atoms with E-state index in [0.29, 0.717) is 49.1 Å². The number of amides is 2. The van der Waals surface area contributed by atoms with E-state index in [9.17, 15) is 19.5 Å². The van der Waals surface area contributed by atoms with Crippen LogP contribution in [0.1, 0.15) is 51.5 Å². The number of aromatic nitrogens is 2. The summed E-state index contributed by atoms with van der Waals surface area (Å²) in [7, 11) is 0. The SMILES string of the molecule is CC[C@H](NC(=O)c1cc2c(-c3ocnc3C(=O)O)cccc2[nH]1)C(=O)N1CCN(C(c2ccccc2)c2ccccc2)CC1. The highest BCUT2D eigenvalue weighted by Gasteiger charge is 2.31. The maximum absolute atomic E-state index is 13.6. The molecule has 1 aliphatic rings. The highest BCUT2D eigenvalue weighted by Crippen LogP contribution is 2.32. The number of hydrogen-bond acceptors (Lipinski definition) is 6. The van der Waals surface area contributed by atoms with Crippen molar-refractivity contribution in [2.24, 2.45) is 0 Å². The molecule has 10 nitrogen and oxygen atoms in total. The summed E-state index contributed by atoms with van der Waals surface area (Å²) in [4.78, 5) is 49.7. The van der Waals surface area contributed by atoms with Crippen LogP contribution in [-0.4, -0.2) is 74.9 Å². The average molecular weight is 592 g/mol. The highest BCUT2D eigenvalue weighted by molar-refractivity contribution is 6.05. The Morgan fingerprint density at radius 3 is 2.20 bits per heavy atom. The van der Waals surface area contributed by atoms with E-state index in [2.05, 4.69) is 68.7 Å². The van der Waals surface area contributed by atoms with Crippen LogP contribution in [0.25, 0.3) is 22.2 Å². The Bertz CT molecular complexity index is 1730. The van der Waals surface area contributed by atoms with Crippen molar-refractivity contribution in [3.63, 3.8) is 0 Å². The molecule has 2 amide bonds. The number of fused-ring (bicyclic) bond motifs is 1. The first-order chi connectivity index (χ1) is 21.4. The number of piperazine rings is 1. The van der Waals surface area contributed by atoms with Gasteiger partial charge in [0.05, 0.1) is 6.04 Å². The molecular weight excluding hydrogens is 558 g/mol. The first-order valence-electron chi connectivity index (χ1n) is 14.7. The lowest BCUT2D eigenvalue weighted by molar-refractivity contribution is -0.135. The van der Waals surface area contributed by atoms with Gasteiger partial charge in [0.15, 0.2) is 17.8 Å². The number of nitrogens with one attached hydrogen (secondary N) is 2. The van der Waals surface area contributed by atoms with Crippen molar-refractivity contribution in [3.05, 3.63) is 114 Å². The normalized spacial score (nSPS) is 14.5. The number of hydrogen-bond donors (Lipinski definition) is 3. The van der Waals surface area contributed by atoms with Gasteiger partial charge in [-0.25, -0.2) is 9.78 Å². The molecule has 0 unspecified atom stereocenters. The maximum Gasteiger partial charge on any atom is 0.358 e. The number of nitrogens with zero attached hydrogens (tertiary/aromatic N) is 3. The number of rotatable bonds is 9. The second kappa shape index (κ2) is 12.6. The molecule has 3 N–H and O–H groups in total. The molecule has 2 aromatic heterocycles. The minimum Gasteiger partial charge on any atom is -0.476 e. The summed E-state index contributed by atoms with van der Waals surface area (Å²) in [6.07, 6.45) is 1.52. The second-order valence-corrected chi connectivity index (χ2v) is 10.8. The number of carbonyl (C=O) groups is 3. The minimum absolute atomic E-state index is 0.0896. The Morgan fingerprint density at radius 2 is 1.59 bits per heavy atom. The fourth-order valence-corrected chi connectivity index (χ4v) is 5.95. The van der Waals surface area contributed by atoms with Crippen LogP contribution in [-0.2, 0) is 4.79 Å². The fraction of sp³-hybridized carbons (Fsp3) is 0.235. The monoisotopic (exact) mass is 591 g/mol. The molecule has 3 aromatic carbocycles. The van der Waals surface area contributed by atoms with Crippen molar-refractivity contribution in [2.75, 3.05) is 26.2 Å². The van der Waals surface area contributed by atoms with Gasteiger partial charge in [-0.1, -0.05) is 79.7 Å². The standard InChI is InChI=1S/C34H33N5O5/c1-2-26(37-32(40)28-20-25-24(14-9-15-27(25)36-28)31-29(34(42)43)35-21-44-31)33(41)39-18-16-38(17-19-39)30(22-10-5-3-6-11-22)23-12-7-4-8-13-23/h3-15,20-21,26,30,36H,2,16-19H2,1H3,(H,37,40)(H,42,43)/t26-/m0/s1. The molecule has 5 aromatic rings. The third-order valence-electron chi connectivity index (χ3n) is 8.16. The number of carboxylic acid groups (broad SMARTS) is 1. The molecule has 10 heteroatoms. The largest absolute Gasteiger partial charge is 0.476 e. The van der Waals surface area contributed by atoms with E-state index in [-0.39, 0.29) is 29.1 Å². The van der Waals surface area contributed by atoms with Crippen LogP contribution in [0.5, 0.6) is 0 Å². The summed E-state index contributed by atoms with van der Waals surface area (Å²) >= 11 is 0. The number of H-pyrrole nitrogens is 1. The topological polar surface area (TPSA) is 132 Å². The summed E-state index contributed by atoms with van der Waals surface area (Å²) in [5.41, 5.74) is 3.59. The van der Waals surface area contributed by atoms with Crippen molar-refractivity contribution >= 4 is 28.7 Å². The smallest absolute Gasteiger partial charge is 0.358 e. The lowest BCUT2D eigenvalue weighted by Crippen LogP contribution is -2.55. The first-order valence-corrected chi connectivity index (χ1v) is 14.7. The van der Waals surface area contributed by atoms with Gasteiger partial charge in [-0.2, -0.15) is 0 Å². The van der Waals surface area contributed by atoms with Gasteiger partial charge in [0.25, 0.3) is 5.91 Å².